The second-order valence-corrected chi connectivity index (χ2v) is 5.92. The average Bonchev–Trinajstić information content (AvgIpc) is 3.07. The van der Waals surface area contributed by atoms with Crippen molar-refractivity contribution in [1.82, 2.24) is 0 Å². The van der Waals surface area contributed by atoms with E-state index in [9.17, 15) is 19.2 Å². The van der Waals surface area contributed by atoms with Gasteiger partial charge < -0.3 is 18.9 Å². The van der Waals surface area contributed by atoms with E-state index in [1.54, 1.807) is 6.07 Å². The van der Waals surface area contributed by atoms with Gasteiger partial charge >= 0.3 is 17.9 Å². The third kappa shape index (κ3) is 3.42. The van der Waals surface area contributed by atoms with Crippen LogP contribution in [-0.2, 0) is 28.7 Å². The van der Waals surface area contributed by atoms with Crippen molar-refractivity contribution in [3.05, 3.63) is 35.4 Å². The van der Waals surface area contributed by atoms with Crippen LogP contribution in [0.2, 0.25) is 0 Å². The Morgan fingerprint density at radius 2 is 1.70 bits per heavy atom. The van der Waals surface area contributed by atoms with E-state index in [1.165, 1.54) is 32.2 Å². The summed E-state index contributed by atoms with van der Waals surface area (Å²) < 4.78 is 20.0. The van der Waals surface area contributed by atoms with Crippen LogP contribution in [0.1, 0.15) is 24.8 Å². The second kappa shape index (κ2) is 8.03. The van der Waals surface area contributed by atoms with Gasteiger partial charge in [0.15, 0.2) is 16.9 Å². The number of benzene rings is 1. The lowest BCUT2D eigenvalue weighted by Crippen LogP contribution is -2.44. The first-order chi connectivity index (χ1) is 12.8. The summed E-state index contributed by atoms with van der Waals surface area (Å²) in [6.07, 6.45) is 2.06. The maximum absolute atomic E-state index is 12.6. The highest BCUT2D eigenvalue weighted by molar-refractivity contribution is 6.04. The largest absolute Gasteiger partial charge is 0.493 e. The number of allylic oxidation sites excluding steroid dienone is 2. The Morgan fingerprint density at radius 3 is 2.19 bits per heavy atom. The molecule has 0 aromatic heterocycles. The molecule has 0 saturated heterocycles. The maximum Gasteiger partial charge on any atom is 0.324 e. The van der Waals surface area contributed by atoms with Crippen LogP contribution in [-0.4, -0.2) is 45.5 Å². The lowest BCUT2D eigenvalue weighted by atomic mass is 9.71. The van der Waals surface area contributed by atoms with Crippen molar-refractivity contribution in [1.29, 1.82) is 0 Å². The van der Waals surface area contributed by atoms with Gasteiger partial charge in [-0.25, -0.2) is 0 Å². The van der Waals surface area contributed by atoms with Gasteiger partial charge in [-0.15, -0.1) is 0 Å². The minimum Gasteiger partial charge on any atom is -0.493 e. The van der Waals surface area contributed by atoms with Gasteiger partial charge in [-0.05, 0) is 29.7 Å². The van der Waals surface area contributed by atoms with Crippen LogP contribution < -0.4 is 9.47 Å². The SMILES string of the molecule is COC(=O)C1(C(=O)OC)CC=C(C=O)[C@H]1c1ccc(OC(C)=O)c(OC)c1. The fourth-order valence-electron chi connectivity index (χ4n) is 3.35. The van der Waals surface area contributed by atoms with E-state index in [2.05, 4.69) is 0 Å². The van der Waals surface area contributed by atoms with Gasteiger partial charge in [-0.3, -0.25) is 19.2 Å². The van der Waals surface area contributed by atoms with Gasteiger partial charge in [0.1, 0.15) is 6.29 Å². The van der Waals surface area contributed by atoms with E-state index in [1.807, 2.05) is 0 Å². The zero-order valence-electron chi connectivity index (χ0n) is 15.4. The van der Waals surface area contributed by atoms with E-state index in [4.69, 9.17) is 18.9 Å². The summed E-state index contributed by atoms with van der Waals surface area (Å²) in [5.74, 6) is -2.71. The first kappa shape index (κ1) is 20.2. The number of rotatable bonds is 6. The summed E-state index contributed by atoms with van der Waals surface area (Å²) in [5, 5.41) is 0. The zero-order valence-corrected chi connectivity index (χ0v) is 15.4. The van der Waals surface area contributed by atoms with Crippen molar-refractivity contribution in [2.75, 3.05) is 21.3 Å². The minimum absolute atomic E-state index is 0.0426. The number of hydrogen-bond acceptors (Lipinski definition) is 8. The zero-order chi connectivity index (χ0) is 20.2. The highest BCUT2D eigenvalue weighted by atomic mass is 16.6. The van der Waals surface area contributed by atoms with E-state index < -0.39 is 29.2 Å². The average molecular weight is 376 g/mol. The van der Waals surface area contributed by atoms with E-state index in [-0.39, 0.29) is 23.5 Å². The van der Waals surface area contributed by atoms with E-state index >= 15 is 0 Å². The van der Waals surface area contributed by atoms with E-state index in [0.29, 0.717) is 11.8 Å². The molecule has 27 heavy (non-hydrogen) atoms. The topological polar surface area (TPSA) is 105 Å². The van der Waals surface area contributed by atoms with Gasteiger partial charge in [0.2, 0.25) is 0 Å². The predicted molar refractivity (Wildman–Crippen MR) is 92.3 cm³/mol. The quantitative estimate of drug-likeness (QED) is 0.319. The summed E-state index contributed by atoms with van der Waals surface area (Å²) in [6.45, 7) is 1.25. The maximum atomic E-state index is 12.6. The first-order valence-electron chi connectivity index (χ1n) is 8.04. The Kier molecular flexibility index (Phi) is 5.99. The van der Waals surface area contributed by atoms with E-state index in [0.717, 1.165) is 14.2 Å². The van der Waals surface area contributed by atoms with Crippen LogP contribution in [0.15, 0.2) is 29.8 Å². The molecule has 0 bridgehead atoms. The van der Waals surface area contributed by atoms with Crippen molar-refractivity contribution in [3.63, 3.8) is 0 Å². The normalized spacial score (nSPS) is 17.5. The third-order valence-corrected chi connectivity index (χ3v) is 4.50. The molecule has 1 aliphatic rings. The van der Waals surface area contributed by atoms with Crippen LogP contribution in [0.3, 0.4) is 0 Å². The standard InChI is InChI=1S/C19H20O8/c1-11(21)27-14-6-5-12(9-15(14)24-2)16-13(10-20)7-8-19(16,17(22)25-3)18(23)26-4/h5-7,9-10,16H,8H2,1-4H3/t16-/m1/s1. The molecule has 1 atom stereocenters. The highest BCUT2D eigenvalue weighted by Crippen LogP contribution is 2.51. The molecule has 2 rings (SSSR count). The monoisotopic (exact) mass is 376 g/mol. The predicted octanol–water partition coefficient (Wildman–Crippen LogP) is 1.57. The fraction of sp³-hybridized carbons (Fsp3) is 0.368. The van der Waals surface area contributed by atoms with Crippen molar-refractivity contribution >= 4 is 24.2 Å². The van der Waals surface area contributed by atoms with Gasteiger partial charge in [-0.1, -0.05) is 12.1 Å². The third-order valence-electron chi connectivity index (χ3n) is 4.50. The molecule has 0 saturated carbocycles. The molecule has 0 amide bonds. The van der Waals surface area contributed by atoms with Crippen LogP contribution in [0.5, 0.6) is 11.5 Å². The number of esters is 3. The molecule has 0 fully saturated rings. The molecule has 144 valence electrons. The number of hydrogen-bond donors (Lipinski definition) is 0. The molecule has 0 unspecified atom stereocenters. The lowest BCUT2D eigenvalue weighted by Gasteiger charge is -2.31. The molecule has 0 N–H and O–H groups in total. The Bertz CT molecular complexity index is 792. The number of carbonyl (C=O) groups excluding carboxylic acids is 4. The van der Waals surface area contributed by atoms with Crippen LogP contribution in [0, 0.1) is 5.41 Å². The van der Waals surface area contributed by atoms with Crippen molar-refractivity contribution in [3.8, 4) is 11.5 Å². The van der Waals surface area contributed by atoms with Gasteiger partial charge in [-0.2, -0.15) is 0 Å². The number of carbonyl (C=O) groups is 4. The molecule has 0 aliphatic heterocycles. The Balaban J connectivity index is 2.64. The molecular formula is C19H20O8. The first-order valence-corrected chi connectivity index (χ1v) is 8.04. The Labute approximate surface area is 156 Å². The Morgan fingerprint density at radius 1 is 1.07 bits per heavy atom. The van der Waals surface area contributed by atoms with Crippen LogP contribution in [0.25, 0.3) is 0 Å². The van der Waals surface area contributed by atoms with Crippen molar-refractivity contribution in [2.24, 2.45) is 5.41 Å². The minimum atomic E-state index is -1.73. The van der Waals surface area contributed by atoms with Crippen molar-refractivity contribution < 1.29 is 38.1 Å². The van der Waals surface area contributed by atoms with Crippen LogP contribution in [0.4, 0.5) is 0 Å². The molecule has 8 nitrogen and oxygen atoms in total. The summed E-state index contributed by atoms with van der Waals surface area (Å²) >= 11 is 0. The summed E-state index contributed by atoms with van der Waals surface area (Å²) in [6, 6.07) is 4.52. The fourth-order valence-corrected chi connectivity index (χ4v) is 3.35. The molecule has 0 spiro atoms. The second-order valence-electron chi connectivity index (χ2n) is 5.92. The summed E-state index contributed by atoms with van der Waals surface area (Å²) in [7, 11) is 3.70. The molecule has 1 aliphatic carbocycles. The molecular weight excluding hydrogens is 356 g/mol. The molecule has 8 heteroatoms. The van der Waals surface area contributed by atoms with Gasteiger partial charge in [0, 0.05) is 12.8 Å². The van der Waals surface area contributed by atoms with Crippen molar-refractivity contribution in [2.45, 2.75) is 19.3 Å². The number of ether oxygens (including phenoxy) is 4. The lowest BCUT2D eigenvalue weighted by molar-refractivity contribution is -0.169. The Hall–Kier alpha value is -3.16. The van der Waals surface area contributed by atoms with Crippen LogP contribution >= 0.6 is 0 Å². The number of methoxy groups -OCH3 is 3. The van der Waals surface area contributed by atoms with Gasteiger partial charge in [0.25, 0.3) is 0 Å². The summed E-state index contributed by atoms with van der Waals surface area (Å²) in [5.41, 5.74) is -1.05. The molecule has 0 heterocycles. The smallest absolute Gasteiger partial charge is 0.324 e. The molecule has 1 aromatic carbocycles. The molecule has 0 radical (unpaired) electrons. The summed E-state index contributed by atoms with van der Waals surface area (Å²) in [4.78, 5) is 48.0. The number of aldehydes is 1. The highest BCUT2D eigenvalue weighted by Gasteiger charge is 2.58. The van der Waals surface area contributed by atoms with Gasteiger partial charge in [0.05, 0.1) is 21.3 Å². The molecule has 1 aromatic rings.